The maximum absolute atomic E-state index is 12.7. The first-order chi connectivity index (χ1) is 10.7. The minimum Gasteiger partial charge on any atom is -0.494 e. The number of ketones is 2. The first-order valence-corrected chi connectivity index (χ1v) is 7.28. The zero-order valence-corrected chi connectivity index (χ0v) is 12.5. The highest BCUT2D eigenvalue weighted by atomic mass is 16.5. The van der Waals surface area contributed by atoms with Gasteiger partial charge in [-0.25, -0.2) is 0 Å². The van der Waals surface area contributed by atoms with Crippen LogP contribution in [-0.2, 0) is 0 Å². The number of carbonyl (C=O) groups excluding carboxylic acids is 2. The van der Waals surface area contributed by atoms with Crippen LogP contribution in [0.2, 0.25) is 0 Å². The van der Waals surface area contributed by atoms with Gasteiger partial charge in [0, 0.05) is 22.3 Å². The Balaban J connectivity index is 2.11. The molecule has 0 heterocycles. The Morgan fingerprint density at radius 3 is 1.50 bits per heavy atom. The summed E-state index contributed by atoms with van der Waals surface area (Å²) in [5.74, 6) is 0.863. The Morgan fingerprint density at radius 1 is 0.682 bits per heavy atom. The molecule has 0 spiro atoms. The minimum atomic E-state index is -0.173. The van der Waals surface area contributed by atoms with Gasteiger partial charge < -0.3 is 9.47 Å². The molecule has 0 atom stereocenters. The Morgan fingerprint density at radius 2 is 1.09 bits per heavy atom. The van der Waals surface area contributed by atoms with E-state index in [4.69, 9.17) is 9.47 Å². The molecule has 1 aliphatic rings. The topological polar surface area (TPSA) is 52.6 Å². The van der Waals surface area contributed by atoms with Crippen LogP contribution in [0.25, 0.3) is 0 Å². The maximum atomic E-state index is 12.7. The van der Waals surface area contributed by atoms with Crippen LogP contribution in [0.5, 0.6) is 11.5 Å². The Labute approximate surface area is 128 Å². The van der Waals surface area contributed by atoms with Crippen molar-refractivity contribution in [1.29, 1.82) is 0 Å². The second-order valence-electron chi connectivity index (χ2n) is 4.94. The summed E-state index contributed by atoms with van der Waals surface area (Å²) in [5, 5.41) is 0. The van der Waals surface area contributed by atoms with Crippen molar-refractivity contribution < 1.29 is 19.1 Å². The van der Waals surface area contributed by atoms with E-state index in [1.54, 1.807) is 36.4 Å². The third-order valence-corrected chi connectivity index (χ3v) is 3.58. The van der Waals surface area contributed by atoms with Crippen molar-refractivity contribution in [3.63, 3.8) is 0 Å². The summed E-state index contributed by atoms with van der Waals surface area (Å²) < 4.78 is 10.8. The summed E-state index contributed by atoms with van der Waals surface area (Å²) in [7, 11) is 0. The van der Waals surface area contributed by atoms with Gasteiger partial charge in [-0.15, -0.1) is 0 Å². The molecular formula is C18H16O4. The molecule has 4 nitrogen and oxygen atoms in total. The highest BCUT2D eigenvalue weighted by Crippen LogP contribution is 2.31. The second kappa shape index (κ2) is 5.64. The molecule has 4 heteroatoms. The van der Waals surface area contributed by atoms with E-state index in [1.165, 1.54) is 0 Å². The van der Waals surface area contributed by atoms with E-state index in [0.29, 0.717) is 47.0 Å². The predicted octanol–water partition coefficient (Wildman–Crippen LogP) is 3.26. The summed E-state index contributed by atoms with van der Waals surface area (Å²) in [5.41, 5.74) is 1.62. The van der Waals surface area contributed by atoms with E-state index in [9.17, 15) is 9.59 Å². The molecule has 1 aliphatic carbocycles. The van der Waals surface area contributed by atoms with Crippen molar-refractivity contribution in [1.82, 2.24) is 0 Å². The normalized spacial score (nSPS) is 12.6. The zero-order chi connectivity index (χ0) is 15.7. The van der Waals surface area contributed by atoms with Crippen LogP contribution in [0.15, 0.2) is 36.4 Å². The highest BCUT2D eigenvalue weighted by Gasteiger charge is 2.30. The largest absolute Gasteiger partial charge is 0.494 e. The van der Waals surface area contributed by atoms with E-state index < -0.39 is 0 Å². The van der Waals surface area contributed by atoms with Gasteiger partial charge in [0.15, 0.2) is 11.6 Å². The van der Waals surface area contributed by atoms with Gasteiger partial charge in [0.1, 0.15) is 11.5 Å². The third-order valence-electron chi connectivity index (χ3n) is 3.58. The quantitative estimate of drug-likeness (QED) is 0.741. The fourth-order valence-corrected chi connectivity index (χ4v) is 2.62. The summed E-state index contributed by atoms with van der Waals surface area (Å²) in [4.78, 5) is 25.3. The lowest BCUT2D eigenvalue weighted by Gasteiger charge is -2.19. The van der Waals surface area contributed by atoms with Gasteiger partial charge in [-0.1, -0.05) is 0 Å². The molecule has 0 saturated carbocycles. The number of benzene rings is 2. The van der Waals surface area contributed by atoms with Crippen molar-refractivity contribution in [2.45, 2.75) is 13.8 Å². The fourth-order valence-electron chi connectivity index (χ4n) is 2.62. The number of hydrogen-bond acceptors (Lipinski definition) is 4. The molecule has 0 bridgehead atoms. The minimum absolute atomic E-state index is 0.143. The lowest BCUT2D eigenvalue weighted by atomic mass is 9.84. The van der Waals surface area contributed by atoms with Crippen LogP contribution in [0.4, 0.5) is 0 Å². The van der Waals surface area contributed by atoms with Crippen molar-refractivity contribution in [3.05, 3.63) is 58.7 Å². The van der Waals surface area contributed by atoms with Gasteiger partial charge in [0.25, 0.3) is 0 Å². The second-order valence-corrected chi connectivity index (χ2v) is 4.94. The van der Waals surface area contributed by atoms with Gasteiger partial charge >= 0.3 is 0 Å². The number of rotatable bonds is 4. The van der Waals surface area contributed by atoms with Crippen LogP contribution in [0, 0.1) is 0 Å². The van der Waals surface area contributed by atoms with Gasteiger partial charge in [-0.3, -0.25) is 9.59 Å². The molecule has 0 aromatic heterocycles. The van der Waals surface area contributed by atoms with E-state index in [1.807, 2.05) is 13.8 Å². The highest BCUT2D eigenvalue weighted by molar-refractivity contribution is 6.28. The predicted molar refractivity (Wildman–Crippen MR) is 82.1 cm³/mol. The molecule has 112 valence electrons. The summed E-state index contributed by atoms with van der Waals surface area (Å²) in [6.45, 7) is 4.75. The number of carbonyl (C=O) groups is 2. The van der Waals surface area contributed by atoms with Crippen molar-refractivity contribution in [2.75, 3.05) is 13.2 Å². The monoisotopic (exact) mass is 296 g/mol. The first-order valence-electron chi connectivity index (χ1n) is 7.28. The molecule has 3 rings (SSSR count). The number of fused-ring (bicyclic) bond motifs is 2. The summed E-state index contributed by atoms with van der Waals surface area (Å²) in [6, 6.07) is 10.0. The molecule has 0 amide bonds. The molecule has 2 aromatic rings. The molecule has 0 unspecified atom stereocenters. The van der Waals surface area contributed by atoms with Crippen LogP contribution < -0.4 is 9.47 Å². The van der Waals surface area contributed by atoms with Crippen molar-refractivity contribution >= 4 is 11.6 Å². The number of hydrogen-bond donors (Lipinski definition) is 0. The SMILES string of the molecule is CCOc1ccc2c(c1)C(=O)c1cc(OCC)ccc1C2=O. The lowest BCUT2D eigenvalue weighted by Crippen LogP contribution is -2.21. The van der Waals surface area contributed by atoms with Crippen LogP contribution >= 0.6 is 0 Å². The van der Waals surface area contributed by atoms with Crippen LogP contribution in [-0.4, -0.2) is 24.8 Å². The van der Waals surface area contributed by atoms with Crippen LogP contribution in [0.1, 0.15) is 45.7 Å². The van der Waals surface area contributed by atoms with E-state index in [-0.39, 0.29) is 11.6 Å². The van der Waals surface area contributed by atoms with Crippen LogP contribution in [0.3, 0.4) is 0 Å². The van der Waals surface area contributed by atoms with Gasteiger partial charge in [-0.2, -0.15) is 0 Å². The average Bonchev–Trinajstić information content (AvgIpc) is 2.53. The molecule has 2 aromatic carbocycles. The van der Waals surface area contributed by atoms with Gasteiger partial charge in [-0.05, 0) is 50.2 Å². The van der Waals surface area contributed by atoms with Gasteiger partial charge in [0.2, 0.25) is 0 Å². The fraction of sp³-hybridized carbons (Fsp3) is 0.222. The maximum Gasteiger partial charge on any atom is 0.194 e. The molecule has 0 radical (unpaired) electrons. The third kappa shape index (κ3) is 2.26. The Kier molecular flexibility index (Phi) is 3.67. The zero-order valence-electron chi connectivity index (χ0n) is 12.5. The Bertz CT molecular complexity index is 700. The molecule has 22 heavy (non-hydrogen) atoms. The van der Waals surface area contributed by atoms with E-state index in [2.05, 4.69) is 0 Å². The smallest absolute Gasteiger partial charge is 0.194 e. The average molecular weight is 296 g/mol. The molecule has 0 fully saturated rings. The standard InChI is InChI=1S/C18H16O4/c1-3-21-11-5-7-13-15(9-11)18(20)16-10-12(22-4-2)6-8-14(16)17(13)19/h5-10H,3-4H2,1-2H3. The molecule has 0 aliphatic heterocycles. The first kappa shape index (κ1) is 14.3. The van der Waals surface area contributed by atoms with E-state index >= 15 is 0 Å². The molecule has 0 saturated heterocycles. The number of ether oxygens (including phenoxy) is 2. The lowest BCUT2D eigenvalue weighted by molar-refractivity contribution is 0.0978. The Hall–Kier alpha value is -2.62. The van der Waals surface area contributed by atoms with E-state index in [0.717, 1.165) is 0 Å². The summed E-state index contributed by atoms with van der Waals surface area (Å²) >= 11 is 0. The van der Waals surface area contributed by atoms with Crippen molar-refractivity contribution in [2.24, 2.45) is 0 Å². The molecule has 0 N–H and O–H groups in total. The molecular weight excluding hydrogens is 280 g/mol. The van der Waals surface area contributed by atoms with Gasteiger partial charge in [0.05, 0.1) is 13.2 Å². The summed E-state index contributed by atoms with van der Waals surface area (Å²) in [6.07, 6.45) is 0. The van der Waals surface area contributed by atoms with Crippen molar-refractivity contribution in [3.8, 4) is 11.5 Å².